The van der Waals surface area contributed by atoms with E-state index in [9.17, 15) is 5.11 Å². The minimum atomic E-state index is 0.367. The molecule has 4 heteroatoms. The fourth-order valence-corrected chi connectivity index (χ4v) is 3.72. The highest BCUT2D eigenvalue weighted by molar-refractivity contribution is 5.08. The van der Waals surface area contributed by atoms with Crippen molar-refractivity contribution in [2.75, 3.05) is 32.8 Å². The summed E-state index contributed by atoms with van der Waals surface area (Å²) < 4.78 is 0. The fraction of sp³-hybridized carbons (Fsp3) is 0.706. The van der Waals surface area contributed by atoms with E-state index in [1.54, 1.807) is 0 Å². The lowest BCUT2D eigenvalue weighted by Crippen LogP contribution is -2.50. The Morgan fingerprint density at radius 2 is 2.05 bits per heavy atom. The molecule has 0 aliphatic carbocycles. The van der Waals surface area contributed by atoms with Crippen molar-refractivity contribution in [3.63, 3.8) is 0 Å². The number of hydrogen-bond donors (Lipinski definition) is 1. The number of rotatable bonds is 4. The summed E-state index contributed by atoms with van der Waals surface area (Å²) in [7, 11) is 0. The van der Waals surface area contributed by atoms with Gasteiger partial charge < -0.3 is 5.11 Å². The van der Waals surface area contributed by atoms with Crippen molar-refractivity contribution in [1.29, 1.82) is 0 Å². The monoisotopic (exact) mass is 289 g/mol. The van der Waals surface area contributed by atoms with Gasteiger partial charge in [-0.3, -0.25) is 14.8 Å². The van der Waals surface area contributed by atoms with Crippen LogP contribution in [-0.4, -0.2) is 58.7 Å². The molecule has 1 N–H and O–H groups in total. The van der Waals surface area contributed by atoms with Crippen LogP contribution in [0.5, 0.6) is 0 Å². The molecule has 2 fully saturated rings. The van der Waals surface area contributed by atoms with Crippen LogP contribution in [0.15, 0.2) is 24.5 Å². The van der Waals surface area contributed by atoms with Crippen molar-refractivity contribution in [3.8, 4) is 0 Å². The Labute approximate surface area is 127 Å². The summed E-state index contributed by atoms with van der Waals surface area (Å²) in [6.07, 6.45) is 8.77. The quantitative estimate of drug-likeness (QED) is 0.917. The second-order valence-corrected chi connectivity index (χ2v) is 6.55. The highest BCUT2D eigenvalue weighted by atomic mass is 16.3. The molecule has 3 heterocycles. The van der Waals surface area contributed by atoms with Gasteiger partial charge in [0.2, 0.25) is 0 Å². The summed E-state index contributed by atoms with van der Waals surface area (Å²) in [5.41, 5.74) is 1.32. The molecule has 1 atom stereocenters. The first-order valence-electron chi connectivity index (χ1n) is 8.31. The molecule has 0 radical (unpaired) electrons. The average molecular weight is 289 g/mol. The molecule has 0 saturated carbocycles. The Hall–Kier alpha value is -0.970. The highest BCUT2D eigenvalue weighted by Crippen LogP contribution is 2.23. The van der Waals surface area contributed by atoms with Crippen molar-refractivity contribution in [2.45, 2.75) is 38.3 Å². The first-order valence-corrected chi connectivity index (χ1v) is 8.31. The number of aromatic nitrogens is 1. The number of nitrogens with zero attached hydrogens (tertiary/aromatic N) is 3. The zero-order valence-electron chi connectivity index (χ0n) is 12.8. The average Bonchev–Trinajstić information content (AvgIpc) is 2.56. The number of hydrogen-bond acceptors (Lipinski definition) is 4. The molecule has 0 bridgehead atoms. The van der Waals surface area contributed by atoms with E-state index < -0.39 is 0 Å². The van der Waals surface area contributed by atoms with Crippen LogP contribution in [-0.2, 0) is 6.54 Å². The molecular formula is C17H27N3O. The molecule has 21 heavy (non-hydrogen) atoms. The first kappa shape index (κ1) is 14.9. The lowest BCUT2D eigenvalue weighted by Gasteiger charge is -2.42. The van der Waals surface area contributed by atoms with Gasteiger partial charge in [-0.15, -0.1) is 0 Å². The number of aliphatic hydroxyl groups is 1. The van der Waals surface area contributed by atoms with Crippen molar-refractivity contribution in [3.05, 3.63) is 30.1 Å². The molecule has 3 rings (SSSR count). The maximum absolute atomic E-state index is 9.26. The molecule has 2 aliphatic heterocycles. The number of likely N-dealkylation sites (tertiary alicyclic amines) is 2. The number of piperidine rings is 2. The zero-order valence-corrected chi connectivity index (χ0v) is 12.8. The molecule has 0 unspecified atom stereocenters. The van der Waals surface area contributed by atoms with Gasteiger partial charge in [-0.25, -0.2) is 0 Å². The third kappa shape index (κ3) is 4.02. The molecule has 0 spiro atoms. The van der Waals surface area contributed by atoms with E-state index in [0.717, 1.165) is 32.5 Å². The van der Waals surface area contributed by atoms with Gasteiger partial charge in [0, 0.05) is 38.1 Å². The molecule has 1 aromatic heterocycles. The van der Waals surface area contributed by atoms with Crippen molar-refractivity contribution < 1.29 is 5.11 Å². The van der Waals surface area contributed by atoms with Crippen LogP contribution in [0.3, 0.4) is 0 Å². The topological polar surface area (TPSA) is 39.6 Å². The standard InChI is InChI=1S/C17H27N3O/c21-14-15-5-9-20(10-6-15)17-4-2-8-19(13-17)12-16-3-1-7-18-11-16/h1,3,7,11,15,17,21H,2,4-6,8-10,12-14H2/t17-/m1/s1. The van der Waals surface area contributed by atoms with E-state index in [4.69, 9.17) is 0 Å². The van der Waals surface area contributed by atoms with E-state index >= 15 is 0 Å². The SMILES string of the molecule is OCC1CCN([C@@H]2CCCN(Cc3cccnc3)C2)CC1. The normalized spacial score (nSPS) is 26.0. The van der Waals surface area contributed by atoms with E-state index in [0.29, 0.717) is 18.6 Å². The smallest absolute Gasteiger partial charge is 0.0460 e. The highest BCUT2D eigenvalue weighted by Gasteiger charge is 2.28. The summed E-state index contributed by atoms with van der Waals surface area (Å²) >= 11 is 0. The maximum atomic E-state index is 9.26. The van der Waals surface area contributed by atoms with E-state index in [2.05, 4.69) is 20.9 Å². The number of pyridine rings is 1. The predicted octanol–water partition coefficient (Wildman–Crippen LogP) is 1.75. The molecule has 0 amide bonds. The Balaban J connectivity index is 1.51. The minimum Gasteiger partial charge on any atom is -0.396 e. The van der Waals surface area contributed by atoms with Crippen LogP contribution >= 0.6 is 0 Å². The van der Waals surface area contributed by atoms with Crippen molar-refractivity contribution >= 4 is 0 Å². The van der Waals surface area contributed by atoms with Gasteiger partial charge in [-0.1, -0.05) is 6.07 Å². The summed E-state index contributed by atoms with van der Waals surface area (Å²) in [5.74, 6) is 0.538. The van der Waals surface area contributed by atoms with Crippen molar-refractivity contribution in [2.24, 2.45) is 5.92 Å². The molecule has 4 nitrogen and oxygen atoms in total. The molecular weight excluding hydrogens is 262 g/mol. The van der Waals surface area contributed by atoms with E-state index in [1.165, 1.54) is 31.5 Å². The second kappa shape index (κ2) is 7.34. The summed E-state index contributed by atoms with van der Waals surface area (Å²) in [6, 6.07) is 4.90. The van der Waals surface area contributed by atoms with Gasteiger partial charge in [0.15, 0.2) is 0 Å². The van der Waals surface area contributed by atoms with E-state index in [-0.39, 0.29) is 0 Å². The van der Waals surface area contributed by atoms with Crippen molar-refractivity contribution in [1.82, 2.24) is 14.8 Å². The van der Waals surface area contributed by atoms with Crippen LogP contribution in [0.2, 0.25) is 0 Å². The number of aliphatic hydroxyl groups excluding tert-OH is 1. The van der Waals surface area contributed by atoms with Gasteiger partial charge in [-0.05, 0) is 62.9 Å². The summed E-state index contributed by atoms with van der Waals surface area (Å²) in [4.78, 5) is 9.44. The van der Waals surface area contributed by atoms with Crippen LogP contribution in [0.25, 0.3) is 0 Å². The van der Waals surface area contributed by atoms with Gasteiger partial charge in [0.25, 0.3) is 0 Å². The molecule has 116 valence electrons. The lowest BCUT2D eigenvalue weighted by molar-refractivity contribution is 0.0543. The predicted molar refractivity (Wildman–Crippen MR) is 83.9 cm³/mol. The summed E-state index contributed by atoms with van der Waals surface area (Å²) in [5, 5.41) is 9.26. The van der Waals surface area contributed by atoms with Gasteiger partial charge in [0.05, 0.1) is 0 Å². The van der Waals surface area contributed by atoms with E-state index in [1.807, 2.05) is 18.5 Å². The Kier molecular flexibility index (Phi) is 5.22. The Morgan fingerprint density at radius 1 is 1.19 bits per heavy atom. The lowest BCUT2D eigenvalue weighted by atomic mass is 9.94. The van der Waals surface area contributed by atoms with Gasteiger partial charge >= 0.3 is 0 Å². The minimum absolute atomic E-state index is 0.367. The second-order valence-electron chi connectivity index (χ2n) is 6.55. The van der Waals surface area contributed by atoms with Crippen LogP contribution in [0.4, 0.5) is 0 Å². The molecule has 2 aliphatic rings. The zero-order chi connectivity index (χ0) is 14.5. The fourth-order valence-electron chi connectivity index (χ4n) is 3.72. The van der Waals surface area contributed by atoms with Gasteiger partial charge in [0.1, 0.15) is 0 Å². The van der Waals surface area contributed by atoms with Crippen LogP contribution in [0, 0.1) is 5.92 Å². The van der Waals surface area contributed by atoms with Crippen LogP contribution < -0.4 is 0 Å². The Bertz CT molecular complexity index is 417. The Morgan fingerprint density at radius 3 is 2.76 bits per heavy atom. The molecule has 0 aromatic carbocycles. The van der Waals surface area contributed by atoms with Gasteiger partial charge in [-0.2, -0.15) is 0 Å². The maximum Gasteiger partial charge on any atom is 0.0460 e. The third-order valence-corrected chi connectivity index (χ3v) is 5.03. The van der Waals surface area contributed by atoms with Crippen LogP contribution in [0.1, 0.15) is 31.2 Å². The molecule has 2 saturated heterocycles. The largest absolute Gasteiger partial charge is 0.396 e. The molecule has 1 aromatic rings. The first-order chi connectivity index (χ1) is 10.3. The summed E-state index contributed by atoms with van der Waals surface area (Å²) in [6.45, 7) is 6.10. The third-order valence-electron chi connectivity index (χ3n) is 5.03.